The Kier molecular flexibility index (Phi) is 23.3. The second-order valence-corrected chi connectivity index (χ2v) is 1.54. The molecule has 8 heteroatoms. The molecule has 0 fully saturated rings. The molecule has 56 valence electrons. The molecule has 0 rings (SSSR count). The molecule has 0 aromatic rings. The summed E-state index contributed by atoms with van der Waals surface area (Å²) in [6.45, 7) is 0. The molecule has 8 heavy (non-hydrogen) atoms. The van der Waals surface area contributed by atoms with Crippen molar-refractivity contribution >= 4 is 7.82 Å². The maximum absolute atomic E-state index is 8.88. The van der Waals surface area contributed by atoms with Crippen molar-refractivity contribution in [2.75, 3.05) is 0 Å². The summed E-state index contributed by atoms with van der Waals surface area (Å²) in [4.78, 5) is 21.6. The van der Waals surface area contributed by atoms with Gasteiger partial charge in [0.1, 0.15) is 0 Å². The van der Waals surface area contributed by atoms with Crippen molar-refractivity contribution in [3.05, 3.63) is 0 Å². The first-order chi connectivity index (χ1) is 2.00. The fourth-order valence-electron chi connectivity index (χ4n) is 0. The van der Waals surface area contributed by atoms with Gasteiger partial charge in [0, 0.05) is 34.1 Å². The van der Waals surface area contributed by atoms with E-state index in [9.17, 15) is 0 Å². The second kappa shape index (κ2) is 8.11. The van der Waals surface area contributed by atoms with Gasteiger partial charge in [-0.2, -0.15) is 0 Å². The Morgan fingerprint density at radius 2 is 1.00 bits per heavy atom. The third-order valence-corrected chi connectivity index (χ3v) is 0. The van der Waals surface area contributed by atoms with Crippen LogP contribution in [0.15, 0.2) is 0 Å². The maximum atomic E-state index is 8.88. The van der Waals surface area contributed by atoms with Crippen LogP contribution in [0.25, 0.3) is 0 Å². The molecule has 0 unspecified atom stereocenters. The average Bonchev–Trinajstić information content (AvgIpc) is 0.722. The SMILES string of the molecule is O.O=P(O)(O)O.[Fe].[Fe]. The fourth-order valence-corrected chi connectivity index (χ4v) is 0. The summed E-state index contributed by atoms with van der Waals surface area (Å²) in [6.07, 6.45) is 0. The average molecular weight is 228 g/mol. The van der Waals surface area contributed by atoms with Crippen LogP contribution in [0.4, 0.5) is 0 Å². The molecule has 0 saturated heterocycles. The molecular weight excluding hydrogens is 223 g/mol. The van der Waals surface area contributed by atoms with Crippen LogP contribution in [0.3, 0.4) is 0 Å². The molecule has 0 aliphatic heterocycles. The predicted molar refractivity (Wildman–Crippen MR) is 17.9 cm³/mol. The second-order valence-electron chi connectivity index (χ2n) is 0.513. The van der Waals surface area contributed by atoms with Crippen LogP contribution in [0.5, 0.6) is 0 Å². The standard InChI is InChI=1S/2Fe.H3O4P.H2O/c;;1-5(2,3)4;/h;;(H3,1,2,3,4);1H2. The summed E-state index contributed by atoms with van der Waals surface area (Å²) < 4.78 is 8.88. The minimum absolute atomic E-state index is 0. The maximum Gasteiger partial charge on any atom is 0.466 e. The molecule has 0 aliphatic carbocycles. The first-order valence-corrected chi connectivity index (χ1v) is 2.35. The Labute approximate surface area is 67.0 Å². The molecule has 0 aromatic heterocycles. The molecule has 0 aliphatic rings. The van der Waals surface area contributed by atoms with E-state index in [2.05, 4.69) is 0 Å². The van der Waals surface area contributed by atoms with Crippen LogP contribution in [0.1, 0.15) is 0 Å². The van der Waals surface area contributed by atoms with Crippen molar-refractivity contribution in [3.63, 3.8) is 0 Å². The monoisotopic (exact) mass is 228 g/mol. The van der Waals surface area contributed by atoms with Crippen molar-refractivity contribution in [1.29, 1.82) is 0 Å². The topological polar surface area (TPSA) is 109 Å². The molecule has 0 heterocycles. The van der Waals surface area contributed by atoms with Gasteiger partial charge in [-0.05, 0) is 0 Å². The van der Waals surface area contributed by atoms with E-state index < -0.39 is 7.82 Å². The van der Waals surface area contributed by atoms with Crippen LogP contribution in [0, 0.1) is 0 Å². The van der Waals surface area contributed by atoms with Gasteiger partial charge < -0.3 is 20.2 Å². The van der Waals surface area contributed by atoms with E-state index in [0.29, 0.717) is 0 Å². The summed E-state index contributed by atoms with van der Waals surface area (Å²) in [6, 6.07) is 0. The predicted octanol–water partition coefficient (Wildman–Crippen LogP) is -1.76. The van der Waals surface area contributed by atoms with E-state index >= 15 is 0 Å². The van der Waals surface area contributed by atoms with E-state index in [-0.39, 0.29) is 39.6 Å². The number of hydrogen-bond acceptors (Lipinski definition) is 1. The molecule has 0 spiro atoms. The smallest absolute Gasteiger partial charge is 0.412 e. The minimum Gasteiger partial charge on any atom is -0.412 e. The summed E-state index contributed by atoms with van der Waals surface area (Å²) in [5.74, 6) is 0. The zero-order chi connectivity index (χ0) is 4.50. The van der Waals surface area contributed by atoms with Crippen molar-refractivity contribution in [2.24, 2.45) is 0 Å². The van der Waals surface area contributed by atoms with E-state index in [4.69, 9.17) is 19.2 Å². The third kappa shape index (κ3) is 216. The Morgan fingerprint density at radius 1 is 1.00 bits per heavy atom. The summed E-state index contributed by atoms with van der Waals surface area (Å²) in [5, 5.41) is 0. The summed E-state index contributed by atoms with van der Waals surface area (Å²) >= 11 is 0. The van der Waals surface area contributed by atoms with Crippen LogP contribution >= 0.6 is 7.82 Å². The molecule has 0 aromatic carbocycles. The largest absolute Gasteiger partial charge is 0.466 e. The number of hydrogen-bond donors (Lipinski definition) is 3. The zero-order valence-electron chi connectivity index (χ0n) is 3.40. The molecule has 0 amide bonds. The Bertz CT molecular complexity index is 56.6. The fraction of sp³-hybridized carbons (Fsp3) is 0. The van der Waals surface area contributed by atoms with Crippen molar-refractivity contribution in [1.82, 2.24) is 0 Å². The van der Waals surface area contributed by atoms with Gasteiger partial charge in [-0.3, -0.25) is 0 Å². The molecule has 5 N–H and O–H groups in total. The van der Waals surface area contributed by atoms with Crippen LogP contribution in [-0.4, -0.2) is 20.2 Å². The van der Waals surface area contributed by atoms with Crippen LogP contribution in [0.2, 0.25) is 0 Å². The van der Waals surface area contributed by atoms with Gasteiger partial charge in [-0.25, -0.2) is 4.57 Å². The van der Waals surface area contributed by atoms with Gasteiger partial charge in [0.25, 0.3) is 0 Å². The van der Waals surface area contributed by atoms with Gasteiger partial charge in [-0.1, -0.05) is 0 Å². The van der Waals surface area contributed by atoms with Crippen molar-refractivity contribution < 1.29 is 58.9 Å². The first-order valence-electron chi connectivity index (χ1n) is 0.783. The summed E-state index contributed by atoms with van der Waals surface area (Å²) in [5.41, 5.74) is 0. The van der Waals surface area contributed by atoms with Crippen molar-refractivity contribution in [2.45, 2.75) is 0 Å². The Hall–Kier alpha value is 1.11. The number of phosphoric acid groups is 1. The van der Waals surface area contributed by atoms with Gasteiger partial charge >= 0.3 is 7.82 Å². The third-order valence-electron chi connectivity index (χ3n) is 0. The van der Waals surface area contributed by atoms with E-state index in [1.54, 1.807) is 0 Å². The van der Waals surface area contributed by atoms with Crippen molar-refractivity contribution in [3.8, 4) is 0 Å². The molecule has 0 radical (unpaired) electrons. The van der Waals surface area contributed by atoms with E-state index in [0.717, 1.165) is 0 Å². The van der Waals surface area contributed by atoms with Gasteiger partial charge in [0.2, 0.25) is 0 Å². The molecule has 0 saturated carbocycles. The molecule has 0 atom stereocenters. The van der Waals surface area contributed by atoms with E-state index in [1.807, 2.05) is 0 Å². The van der Waals surface area contributed by atoms with E-state index in [1.165, 1.54) is 0 Å². The van der Waals surface area contributed by atoms with Crippen LogP contribution in [-0.2, 0) is 38.7 Å². The zero-order valence-corrected chi connectivity index (χ0v) is 6.51. The number of rotatable bonds is 0. The van der Waals surface area contributed by atoms with Gasteiger partial charge in [0.05, 0.1) is 0 Å². The summed E-state index contributed by atoms with van der Waals surface area (Å²) in [7, 11) is -4.64. The van der Waals surface area contributed by atoms with Gasteiger partial charge in [0.15, 0.2) is 0 Å². The normalized spacial score (nSPS) is 7.38. The minimum atomic E-state index is -4.64. The van der Waals surface area contributed by atoms with Gasteiger partial charge in [-0.15, -0.1) is 0 Å². The molecular formula is H5Fe2O5P. The first kappa shape index (κ1) is 22.9. The molecule has 5 nitrogen and oxygen atoms in total. The van der Waals surface area contributed by atoms with Crippen LogP contribution < -0.4 is 0 Å². The molecule has 0 bridgehead atoms. The Balaban J connectivity index is -0.0000000267. The Morgan fingerprint density at radius 3 is 1.00 bits per heavy atom. The quantitative estimate of drug-likeness (QED) is 0.337.